The third kappa shape index (κ3) is 3.11. The second-order valence-corrected chi connectivity index (χ2v) is 10.2. The van der Waals surface area contributed by atoms with Crippen LogP contribution in [-0.4, -0.2) is 39.3 Å². The lowest BCUT2D eigenvalue weighted by atomic mass is 9.76. The first-order valence-electron chi connectivity index (χ1n) is 12.5. The third-order valence-electron chi connectivity index (χ3n) is 8.10. The van der Waals surface area contributed by atoms with Gasteiger partial charge >= 0.3 is 0 Å². The summed E-state index contributed by atoms with van der Waals surface area (Å²) in [5.74, 6) is 2.07. The summed E-state index contributed by atoms with van der Waals surface area (Å²) in [6.45, 7) is 4.97. The Morgan fingerprint density at radius 2 is 1.91 bits per heavy atom. The minimum Gasteiger partial charge on any atom is -0.493 e. The Balaban J connectivity index is 1.20. The summed E-state index contributed by atoms with van der Waals surface area (Å²) in [4.78, 5) is 12.3. The van der Waals surface area contributed by atoms with Gasteiger partial charge in [-0.3, -0.25) is 4.98 Å². The maximum atomic E-state index is 5.83. The van der Waals surface area contributed by atoms with E-state index < -0.39 is 0 Å². The monoisotopic (exact) mass is 451 g/mol. The molecule has 0 radical (unpaired) electrons. The molecule has 1 aliphatic carbocycles. The Bertz CT molecular complexity index is 1370. The van der Waals surface area contributed by atoms with Gasteiger partial charge in [-0.1, -0.05) is 6.07 Å². The third-order valence-corrected chi connectivity index (χ3v) is 8.10. The minimum atomic E-state index is 0.365. The molecule has 0 amide bonds. The number of aryl methyl sites for hydroxylation is 2. The molecule has 6 nitrogen and oxygen atoms in total. The van der Waals surface area contributed by atoms with Crippen LogP contribution < -0.4 is 9.64 Å². The molecule has 0 bridgehead atoms. The van der Waals surface area contributed by atoms with E-state index in [1.165, 1.54) is 36.1 Å². The molecule has 0 saturated carbocycles. The highest BCUT2D eigenvalue weighted by atomic mass is 16.5. The summed E-state index contributed by atoms with van der Waals surface area (Å²) in [7, 11) is 0. The van der Waals surface area contributed by atoms with Crippen molar-refractivity contribution in [2.24, 2.45) is 5.41 Å². The Morgan fingerprint density at radius 1 is 1.00 bits per heavy atom. The lowest BCUT2D eigenvalue weighted by molar-refractivity contribution is 0.231. The van der Waals surface area contributed by atoms with Gasteiger partial charge in [-0.15, -0.1) is 0 Å². The van der Waals surface area contributed by atoms with Crippen LogP contribution in [0.15, 0.2) is 48.8 Å². The zero-order chi connectivity index (χ0) is 22.7. The molecule has 0 unspecified atom stereocenters. The molecular formula is C28H29N5O. The van der Waals surface area contributed by atoms with E-state index in [4.69, 9.17) is 14.8 Å². The molecule has 172 valence electrons. The van der Waals surface area contributed by atoms with Crippen molar-refractivity contribution in [2.75, 3.05) is 24.6 Å². The Kier molecular flexibility index (Phi) is 4.44. The quantitative estimate of drug-likeness (QED) is 0.438. The summed E-state index contributed by atoms with van der Waals surface area (Å²) in [6, 6.07) is 12.9. The summed E-state index contributed by atoms with van der Waals surface area (Å²) >= 11 is 0. The van der Waals surface area contributed by atoms with Crippen LogP contribution in [0.1, 0.15) is 41.8 Å². The fourth-order valence-electron chi connectivity index (χ4n) is 6.30. The van der Waals surface area contributed by atoms with E-state index in [2.05, 4.69) is 57.7 Å². The summed E-state index contributed by atoms with van der Waals surface area (Å²) < 4.78 is 7.91. The zero-order valence-electron chi connectivity index (χ0n) is 19.6. The van der Waals surface area contributed by atoms with Gasteiger partial charge in [0.05, 0.1) is 24.2 Å². The molecule has 3 aliphatic rings. The van der Waals surface area contributed by atoms with Gasteiger partial charge in [-0.05, 0) is 92.3 Å². The van der Waals surface area contributed by atoms with E-state index in [-0.39, 0.29) is 0 Å². The number of benzene rings is 1. The van der Waals surface area contributed by atoms with Crippen LogP contribution in [0.4, 0.5) is 5.82 Å². The van der Waals surface area contributed by atoms with Gasteiger partial charge in [0.1, 0.15) is 11.3 Å². The molecule has 1 fully saturated rings. The Labute approximate surface area is 199 Å². The van der Waals surface area contributed by atoms with Crippen LogP contribution in [0.25, 0.3) is 16.8 Å². The van der Waals surface area contributed by atoms with Crippen LogP contribution in [0.2, 0.25) is 0 Å². The first-order chi connectivity index (χ1) is 16.7. The molecule has 2 aliphatic heterocycles. The molecule has 3 aromatic heterocycles. The largest absolute Gasteiger partial charge is 0.493 e. The molecule has 1 aromatic carbocycles. The topological polar surface area (TPSA) is 55.6 Å². The molecule has 6 heteroatoms. The second-order valence-electron chi connectivity index (χ2n) is 10.2. The van der Waals surface area contributed by atoms with Crippen molar-refractivity contribution in [3.63, 3.8) is 0 Å². The number of hydrogen-bond acceptors (Lipinski definition) is 5. The highest BCUT2D eigenvalue weighted by molar-refractivity contribution is 5.76. The maximum absolute atomic E-state index is 5.83. The molecule has 7 rings (SSSR count). The first kappa shape index (κ1) is 20.0. The van der Waals surface area contributed by atoms with Crippen LogP contribution in [0, 0.1) is 12.3 Å². The molecule has 34 heavy (non-hydrogen) atoms. The highest BCUT2D eigenvalue weighted by Gasteiger charge is 2.41. The lowest BCUT2D eigenvalue weighted by Crippen LogP contribution is -2.41. The SMILES string of the molecule is Cc1nc(N2CCC3(CC2)Cc2cccnc2C3)c2ccnn2c1-c1ccc2c(c1)CCCO2. The molecule has 1 spiro atoms. The molecule has 0 atom stereocenters. The Hall–Kier alpha value is -3.41. The van der Waals surface area contributed by atoms with Crippen LogP contribution >= 0.6 is 0 Å². The second kappa shape index (κ2) is 7.55. The van der Waals surface area contributed by atoms with Gasteiger partial charge in [0.25, 0.3) is 0 Å². The highest BCUT2D eigenvalue weighted by Crippen LogP contribution is 2.45. The first-order valence-corrected chi connectivity index (χ1v) is 12.5. The number of ether oxygens (including phenoxy) is 1. The number of rotatable bonds is 2. The van der Waals surface area contributed by atoms with E-state index in [1.807, 2.05) is 12.4 Å². The van der Waals surface area contributed by atoms with E-state index in [0.717, 1.165) is 73.0 Å². The fraction of sp³-hybridized carbons (Fsp3) is 0.393. The summed E-state index contributed by atoms with van der Waals surface area (Å²) in [5, 5.41) is 4.73. The maximum Gasteiger partial charge on any atom is 0.155 e. The Morgan fingerprint density at radius 3 is 2.79 bits per heavy atom. The van der Waals surface area contributed by atoms with E-state index in [0.29, 0.717) is 5.41 Å². The predicted octanol–water partition coefficient (Wildman–Crippen LogP) is 4.81. The summed E-state index contributed by atoms with van der Waals surface area (Å²) in [6.07, 6.45) is 10.6. The number of piperidine rings is 1. The molecule has 1 saturated heterocycles. The van der Waals surface area contributed by atoms with Crippen molar-refractivity contribution >= 4 is 11.3 Å². The number of anilines is 1. The molecule has 5 heterocycles. The number of fused-ring (bicyclic) bond motifs is 3. The number of hydrogen-bond donors (Lipinski definition) is 0. The van der Waals surface area contributed by atoms with E-state index in [1.54, 1.807) is 0 Å². The fourth-order valence-corrected chi connectivity index (χ4v) is 6.30. The smallest absolute Gasteiger partial charge is 0.155 e. The van der Waals surface area contributed by atoms with Crippen molar-refractivity contribution in [3.8, 4) is 17.0 Å². The van der Waals surface area contributed by atoms with Crippen molar-refractivity contribution in [2.45, 2.75) is 45.4 Å². The number of aromatic nitrogens is 4. The van der Waals surface area contributed by atoms with Gasteiger partial charge in [-0.25, -0.2) is 9.50 Å². The average Bonchev–Trinajstić information content (AvgIpc) is 3.48. The van der Waals surface area contributed by atoms with Crippen molar-refractivity contribution in [1.29, 1.82) is 0 Å². The van der Waals surface area contributed by atoms with Crippen LogP contribution in [0.5, 0.6) is 5.75 Å². The van der Waals surface area contributed by atoms with Gasteiger partial charge in [0, 0.05) is 30.5 Å². The van der Waals surface area contributed by atoms with Gasteiger partial charge in [-0.2, -0.15) is 5.10 Å². The predicted molar refractivity (Wildman–Crippen MR) is 133 cm³/mol. The van der Waals surface area contributed by atoms with Crippen molar-refractivity contribution < 1.29 is 4.74 Å². The summed E-state index contributed by atoms with van der Waals surface area (Å²) in [5.41, 5.74) is 8.73. The average molecular weight is 452 g/mol. The molecule has 0 N–H and O–H groups in total. The van der Waals surface area contributed by atoms with Gasteiger partial charge in [0.2, 0.25) is 0 Å². The van der Waals surface area contributed by atoms with Crippen LogP contribution in [-0.2, 0) is 19.3 Å². The molecule has 4 aromatic rings. The number of nitrogens with zero attached hydrogens (tertiary/aromatic N) is 5. The molecular weight excluding hydrogens is 422 g/mol. The van der Waals surface area contributed by atoms with Gasteiger partial charge < -0.3 is 9.64 Å². The minimum absolute atomic E-state index is 0.365. The number of pyridine rings is 1. The van der Waals surface area contributed by atoms with E-state index in [9.17, 15) is 0 Å². The van der Waals surface area contributed by atoms with E-state index >= 15 is 0 Å². The normalized spacial score (nSPS) is 18.7. The van der Waals surface area contributed by atoms with Crippen LogP contribution in [0.3, 0.4) is 0 Å². The van der Waals surface area contributed by atoms with Gasteiger partial charge in [0.15, 0.2) is 5.82 Å². The lowest BCUT2D eigenvalue weighted by Gasteiger charge is -2.40. The standard InChI is InChI=1S/C28H29N5O/c1-19-26(21-6-7-25-20(16-21)5-3-15-34-25)33-24(8-12-30-33)27(31-19)32-13-9-28(10-14-32)17-22-4-2-11-29-23(22)18-28/h2,4,6-8,11-12,16H,3,5,9-10,13-15,17-18H2,1H3. The zero-order valence-corrected chi connectivity index (χ0v) is 19.6. The van der Waals surface area contributed by atoms with Crippen molar-refractivity contribution in [3.05, 3.63) is 71.3 Å². The van der Waals surface area contributed by atoms with Crippen molar-refractivity contribution in [1.82, 2.24) is 19.6 Å².